The molecular weight excluding hydrogens is 328 g/mol. The molecule has 144 valence electrons. The van der Waals surface area contributed by atoms with Crippen molar-refractivity contribution in [3.05, 3.63) is 29.8 Å². The molecule has 0 radical (unpaired) electrons. The minimum absolute atomic E-state index is 0.102. The first-order valence-electron chi connectivity index (χ1n) is 9.81. The number of amides is 2. The Morgan fingerprint density at radius 2 is 1.92 bits per heavy atom. The van der Waals surface area contributed by atoms with Crippen molar-refractivity contribution in [2.45, 2.75) is 32.4 Å². The van der Waals surface area contributed by atoms with Gasteiger partial charge in [0.15, 0.2) is 0 Å². The smallest absolute Gasteiger partial charge is 0.317 e. The van der Waals surface area contributed by atoms with Gasteiger partial charge in [0.2, 0.25) is 0 Å². The molecule has 1 N–H and O–H groups in total. The summed E-state index contributed by atoms with van der Waals surface area (Å²) in [6, 6.07) is 8.55. The van der Waals surface area contributed by atoms with E-state index in [2.05, 4.69) is 28.1 Å². The Kier molecular flexibility index (Phi) is 6.74. The lowest BCUT2D eigenvalue weighted by Crippen LogP contribution is -2.55. The van der Waals surface area contributed by atoms with Crippen LogP contribution in [0.1, 0.15) is 25.3 Å². The predicted octanol–water partition coefficient (Wildman–Crippen LogP) is 2.01. The Labute approximate surface area is 157 Å². The standard InChI is InChI=1S/C20H32N4O2/c1-3-22-10-6-8-18(16-22)21-20(25)24-13-11-23(12-14-24)15-17-7-4-5-9-19(17)26-2/h4-5,7,9,18H,3,6,8,10-16H2,1-2H3,(H,21,25). The number of piperidine rings is 1. The van der Waals surface area contributed by atoms with E-state index in [0.29, 0.717) is 6.04 Å². The van der Waals surface area contributed by atoms with Gasteiger partial charge in [-0.3, -0.25) is 4.90 Å². The molecule has 26 heavy (non-hydrogen) atoms. The monoisotopic (exact) mass is 360 g/mol. The van der Waals surface area contributed by atoms with E-state index in [9.17, 15) is 4.79 Å². The molecule has 2 aliphatic rings. The number of piperazine rings is 1. The number of hydrogen-bond donors (Lipinski definition) is 1. The molecule has 2 aliphatic heterocycles. The Morgan fingerprint density at radius 3 is 2.65 bits per heavy atom. The number of likely N-dealkylation sites (N-methyl/N-ethyl adjacent to an activating group) is 1. The van der Waals surface area contributed by atoms with Crippen LogP contribution < -0.4 is 10.1 Å². The second-order valence-corrected chi connectivity index (χ2v) is 7.26. The second-order valence-electron chi connectivity index (χ2n) is 7.26. The maximum absolute atomic E-state index is 12.6. The Balaban J connectivity index is 1.45. The highest BCUT2D eigenvalue weighted by molar-refractivity contribution is 5.74. The average molecular weight is 361 g/mol. The van der Waals surface area contributed by atoms with E-state index in [1.165, 1.54) is 12.0 Å². The van der Waals surface area contributed by atoms with Crippen molar-refractivity contribution in [1.82, 2.24) is 20.0 Å². The van der Waals surface area contributed by atoms with E-state index >= 15 is 0 Å². The van der Waals surface area contributed by atoms with E-state index in [1.807, 2.05) is 23.1 Å². The van der Waals surface area contributed by atoms with Crippen LogP contribution in [0.25, 0.3) is 0 Å². The largest absolute Gasteiger partial charge is 0.496 e. The highest BCUT2D eigenvalue weighted by atomic mass is 16.5. The summed E-state index contributed by atoms with van der Waals surface area (Å²) in [7, 11) is 1.71. The van der Waals surface area contributed by atoms with Crippen molar-refractivity contribution < 1.29 is 9.53 Å². The molecule has 1 aromatic carbocycles. The maximum atomic E-state index is 12.6. The third kappa shape index (κ3) is 4.89. The number of para-hydroxylation sites is 1. The molecule has 2 amide bonds. The summed E-state index contributed by atoms with van der Waals surface area (Å²) >= 11 is 0. The summed E-state index contributed by atoms with van der Waals surface area (Å²) < 4.78 is 5.44. The topological polar surface area (TPSA) is 48.1 Å². The van der Waals surface area contributed by atoms with Gasteiger partial charge in [-0.15, -0.1) is 0 Å². The van der Waals surface area contributed by atoms with Crippen LogP contribution in [0.3, 0.4) is 0 Å². The van der Waals surface area contributed by atoms with Crippen LogP contribution in [-0.2, 0) is 6.54 Å². The minimum atomic E-state index is 0.102. The summed E-state index contributed by atoms with van der Waals surface area (Å²) in [6.45, 7) is 9.62. The van der Waals surface area contributed by atoms with Crippen LogP contribution in [0.15, 0.2) is 24.3 Å². The Bertz CT molecular complexity index is 587. The third-order valence-electron chi connectivity index (χ3n) is 5.53. The molecule has 2 heterocycles. The lowest BCUT2D eigenvalue weighted by atomic mass is 10.1. The molecule has 1 unspecified atom stereocenters. The lowest BCUT2D eigenvalue weighted by molar-refractivity contribution is 0.126. The van der Waals surface area contributed by atoms with Crippen molar-refractivity contribution in [3.63, 3.8) is 0 Å². The van der Waals surface area contributed by atoms with Gasteiger partial charge in [-0.05, 0) is 32.0 Å². The third-order valence-corrected chi connectivity index (χ3v) is 5.53. The van der Waals surface area contributed by atoms with Crippen LogP contribution >= 0.6 is 0 Å². The molecule has 1 atom stereocenters. The zero-order valence-electron chi connectivity index (χ0n) is 16.1. The number of carbonyl (C=O) groups excluding carboxylic acids is 1. The van der Waals surface area contributed by atoms with E-state index in [-0.39, 0.29) is 6.03 Å². The van der Waals surface area contributed by atoms with Gasteiger partial charge in [-0.1, -0.05) is 25.1 Å². The van der Waals surface area contributed by atoms with Crippen LogP contribution in [0, 0.1) is 0 Å². The van der Waals surface area contributed by atoms with Crippen LogP contribution in [0.4, 0.5) is 4.79 Å². The minimum Gasteiger partial charge on any atom is -0.496 e. The number of nitrogens with zero attached hydrogens (tertiary/aromatic N) is 3. The molecule has 2 fully saturated rings. The van der Waals surface area contributed by atoms with Gasteiger partial charge in [-0.25, -0.2) is 4.79 Å². The molecule has 0 aromatic heterocycles. The van der Waals surface area contributed by atoms with Crippen molar-refractivity contribution in [2.24, 2.45) is 0 Å². The predicted molar refractivity (Wildman–Crippen MR) is 104 cm³/mol. The zero-order valence-corrected chi connectivity index (χ0v) is 16.1. The molecule has 2 saturated heterocycles. The van der Waals surface area contributed by atoms with Gasteiger partial charge in [0.05, 0.1) is 7.11 Å². The molecular formula is C20H32N4O2. The SMILES string of the molecule is CCN1CCCC(NC(=O)N2CCN(Cc3ccccc3OC)CC2)C1. The normalized spacial score (nSPS) is 22.2. The molecule has 1 aromatic rings. The Hall–Kier alpha value is -1.79. The number of ether oxygens (including phenoxy) is 1. The molecule has 0 saturated carbocycles. The van der Waals surface area contributed by atoms with Gasteiger partial charge < -0.3 is 19.9 Å². The molecule has 0 spiro atoms. The van der Waals surface area contributed by atoms with Crippen molar-refractivity contribution in [3.8, 4) is 5.75 Å². The quantitative estimate of drug-likeness (QED) is 0.873. The number of likely N-dealkylation sites (tertiary alicyclic amines) is 1. The van der Waals surface area contributed by atoms with Gasteiger partial charge in [0, 0.05) is 50.9 Å². The average Bonchev–Trinajstić information content (AvgIpc) is 2.69. The van der Waals surface area contributed by atoms with Gasteiger partial charge >= 0.3 is 6.03 Å². The summed E-state index contributed by atoms with van der Waals surface area (Å²) in [5.41, 5.74) is 1.20. The van der Waals surface area contributed by atoms with Crippen LogP contribution in [0.5, 0.6) is 5.75 Å². The molecule has 0 bridgehead atoms. The number of hydrogen-bond acceptors (Lipinski definition) is 4. The van der Waals surface area contributed by atoms with Crippen molar-refractivity contribution >= 4 is 6.03 Å². The van der Waals surface area contributed by atoms with Crippen LogP contribution in [-0.4, -0.2) is 79.7 Å². The fourth-order valence-corrected chi connectivity index (χ4v) is 3.91. The number of nitrogens with one attached hydrogen (secondary N) is 1. The number of benzene rings is 1. The van der Waals surface area contributed by atoms with Crippen molar-refractivity contribution in [2.75, 3.05) is 52.9 Å². The first-order chi connectivity index (χ1) is 12.7. The number of carbonyl (C=O) groups is 1. The summed E-state index contributed by atoms with van der Waals surface area (Å²) in [5.74, 6) is 0.936. The maximum Gasteiger partial charge on any atom is 0.317 e. The fourth-order valence-electron chi connectivity index (χ4n) is 3.91. The van der Waals surface area contributed by atoms with Gasteiger partial charge in [0.25, 0.3) is 0 Å². The number of methoxy groups -OCH3 is 1. The second kappa shape index (κ2) is 9.24. The molecule has 3 rings (SSSR count). The first kappa shape index (κ1) is 19.0. The fraction of sp³-hybridized carbons (Fsp3) is 0.650. The summed E-state index contributed by atoms with van der Waals surface area (Å²) in [4.78, 5) is 19.4. The first-order valence-corrected chi connectivity index (χ1v) is 9.81. The Morgan fingerprint density at radius 1 is 1.15 bits per heavy atom. The summed E-state index contributed by atoms with van der Waals surface area (Å²) in [6.07, 6.45) is 2.27. The van der Waals surface area contributed by atoms with Gasteiger partial charge in [-0.2, -0.15) is 0 Å². The van der Waals surface area contributed by atoms with Crippen LogP contribution in [0.2, 0.25) is 0 Å². The van der Waals surface area contributed by atoms with E-state index in [0.717, 1.165) is 64.5 Å². The van der Waals surface area contributed by atoms with E-state index in [4.69, 9.17) is 4.74 Å². The number of rotatable bonds is 5. The van der Waals surface area contributed by atoms with Gasteiger partial charge in [0.1, 0.15) is 5.75 Å². The highest BCUT2D eigenvalue weighted by Crippen LogP contribution is 2.20. The number of urea groups is 1. The highest BCUT2D eigenvalue weighted by Gasteiger charge is 2.25. The zero-order chi connectivity index (χ0) is 18.4. The molecule has 0 aliphatic carbocycles. The molecule has 6 nitrogen and oxygen atoms in total. The van der Waals surface area contributed by atoms with E-state index < -0.39 is 0 Å². The molecule has 6 heteroatoms. The lowest BCUT2D eigenvalue weighted by Gasteiger charge is -2.37. The van der Waals surface area contributed by atoms with E-state index in [1.54, 1.807) is 7.11 Å². The van der Waals surface area contributed by atoms with Crippen molar-refractivity contribution in [1.29, 1.82) is 0 Å². The summed E-state index contributed by atoms with van der Waals surface area (Å²) in [5, 5.41) is 3.24.